The fourth-order valence-electron chi connectivity index (χ4n) is 3.42. The molecule has 5 rings (SSSR count). The second-order valence-electron chi connectivity index (χ2n) is 6.71. The smallest absolute Gasteiger partial charge is 0.142 e. The van der Waals surface area contributed by atoms with Gasteiger partial charge in [0.25, 0.3) is 0 Å². The highest BCUT2D eigenvalue weighted by Crippen LogP contribution is 2.37. The average molecular weight is 424 g/mol. The second-order valence-corrected chi connectivity index (χ2v) is 8.20. The molecule has 6 nitrogen and oxygen atoms in total. The van der Waals surface area contributed by atoms with Crippen molar-refractivity contribution in [1.82, 2.24) is 20.3 Å². The highest BCUT2D eigenvalue weighted by atomic mass is 35.5. The first-order valence-electron chi connectivity index (χ1n) is 9.33. The number of benzene rings is 1. The molecular formula is C21H18ClN5OS. The molecule has 146 valence electrons. The number of fused-ring (bicyclic) bond motifs is 3. The van der Waals surface area contributed by atoms with Crippen LogP contribution < -0.4 is 15.4 Å². The highest BCUT2D eigenvalue weighted by molar-refractivity contribution is 7.19. The van der Waals surface area contributed by atoms with E-state index in [0.717, 1.165) is 46.9 Å². The monoisotopic (exact) mass is 423 g/mol. The Labute approximate surface area is 176 Å². The van der Waals surface area contributed by atoms with Crippen LogP contribution in [0.5, 0.6) is 5.75 Å². The number of halogens is 1. The number of pyridine rings is 1. The molecule has 0 spiro atoms. The Morgan fingerprint density at radius 2 is 2.14 bits per heavy atom. The molecule has 0 radical (unpaired) electrons. The van der Waals surface area contributed by atoms with E-state index in [1.165, 1.54) is 10.4 Å². The van der Waals surface area contributed by atoms with Crippen LogP contribution >= 0.6 is 22.9 Å². The molecule has 3 aromatic heterocycles. The van der Waals surface area contributed by atoms with Gasteiger partial charge in [0.1, 0.15) is 29.3 Å². The topological polar surface area (TPSA) is 72.0 Å². The van der Waals surface area contributed by atoms with Gasteiger partial charge < -0.3 is 15.4 Å². The molecule has 8 heteroatoms. The van der Waals surface area contributed by atoms with Crippen LogP contribution in [0.4, 0.5) is 11.5 Å². The molecule has 0 amide bonds. The zero-order chi connectivity index (χ0) is 19.6. The van der Waals surface area contributed by atoms with Crippen molar-refractivity contribution in [3.05, 3.63) is 70.1 Å². The van der Waals surface area contributed by atoms with Gasteiger partial charge in [0.15, 0.2) is 0 Å². The average Bonchev–Trinajstić information content (AvgIpc) is 3.13. The highest BCUT2D eigenvalue weighted by Gasteiger charge is 2.19. The third-order valence-corrected chi connectivity index (χ3v) is 6.24. The summed E-state index contributed by atoms with van der Waals surface area (Å²) in [4.78, 5) is 15.6. The van der Waals surface area contributed by atoms with Crippen LogP contribution in [-0.2, 0) is 19.6 Å². The van der Waals surface area contributed by atoms with E-state index in [2.05, 4.69) is 25.6 Å². The van der Waals surface area contributed by atoms with Gasteiger partial charge >= 0.3 is 0 Å². The Kier molecular flexibility index (Phi) is 5.01. The molecule has 0 atom stereocenters. The van der Waals surface area contributed by atoms with Crippen LogP contribution in [0.3, 0.4) is 0 Å². The molecule has 0 saturated heterocycles. The Hall–Kier alpha value is -2.74. The maximum Gasteiger partial charge on any atom is 0.142 e. The number of anilines is 2. The summed E-state index contributed by atoms with van der Waals surface area (Å²) in [6.07, 6.45) is 4.33. The maximum absolute atomic E-state index is 6.45. The van der Waals surface area contributed by atoms with E-state index < -0.39 is 0 Å². The lowest BCUT2D eigenvalue weighted by molar-refractivity contribution is 0.301. The van der Waals surface area contributed by atoms with Crippen LogP contribution in [0.15, 0.2) is 48.9 Å². The largest absolute Gasteiger partial charge is 0.486 e. The van der Waals surface area contributed by atoms with Crippen molar-refractivity contribution in [3.8, 4) is 5.75 Å². The van der Waals surface area contributed by atoms with E-state index in [1.54, 1.807) is 23.9 Å². The van der Waals surface area contributed by atoms with Gasteiger partial charge in [-0.2, -0.15) is 0 Å². The molecule has 4 aromatic rings. The van der Waals surface area contributed by atoms with E-state index in [4.69, 9.17) is 16.3 Å². The lowest BCUT2D eigenvalue weighted by atomic mass is 10.1. The first-order valence-corrected chi connectivity index (χ1v) is 10.5. The van der Waals surface area contributed by atoms with Crippen molar-refractivity contribution in [3.63, 3.8) is 0 Å². The maximum atomic E-state index is 6.45. The molecule has 0 fully saturated rings. The molecule has 0 unspecified atom stereocenters. The van der Waals surface area contributed by atoms with Crippen molar-refractivity contribution in [2.75, 3.05) is 11.9 Å². The third-order valence-electron chi connectivity index (χ3n) is 4.80. The molecule has 4 heterocycles. The number of nitrogens with zero attached hydrogens (tertiary/aromatic N) is 3. The Balaban J connectivity index is 1.38. The Morgan fingerprint density at radius 1 is 1.17 bits per heavy atom. The molecule has 29 heavy (non-hydrogen) atoms. The van der Waals surface area contributed by atoms with E-state index in [0.29, 0.717) is 17.4 Å². The van der Waals surface area contributed by atoms with E-state index in [1.807, 2.05) is 36.4 Å². The number of rotatable bonds is 5. The van der Waals surface area contributed by atoms with Gasteiger partial charge in [0.2, 0.25) is 0 Å². The summed E-state index contributed by atoms with van der Waals surface area (Å²) in [5.74, 6) is 1.43. The predicted molar refractivity (Wildman–Crippen MR) is 116 cm³/mol. The van der Waals surface area contributed by atoms with E-state index in [-0.39, 0.29) is 0 Å². The zero-order valence-electron chi connectivity index (χ0n) is 15.5. The van der Waals surface area contributed by atoms with Crippen molar-refractivity contribution < 1.29 is 4.74 Å². The molecule has 0 aliphatic carbocycles. The minimum absolute atomic E-state index is 0.370. The molecule has 1 aromatic carbocycles. The first kappa shape index (κ1) is 18.3. The summed E-state index contributed by atoms with van der Waals surface area (Å²) in [5, 5.41) is 8.47. The summed E-state index contributed by atoms with van der Waals surface area (Å²) in [5.41, 5.74) is 3.05. The van der Waals surface area contributed by atoms with Crippen molar-refractivity contribution >= 4 is 44.7 Å². The van der Waals surface area contributed by atoms with Crippen LogP contribution in [-0.4, -0.2) is 21.5 Å². The van der Waals surface area contributed by atoms with Crippen LogP contribution in [0, 0.1) is 0 Å². The predicted octanol–water partition coefficient (Wildman–Crippen LogP) is 4.71. The van der Waals surface area contributed by atoms with Gasteiger partial charge in [0, 0.05) is 23.3 Å². The fraction of sp³-hybridized carbons (Fsp3) is 0.190. The normalized spacial score (nSPS) is 13.3. The summed E-state index contributed by atoms with van der Waals surface area (Å²) in [6.45, 7) is 2.24. The van der Waals surface area contributed by atoms with E-state index >= 15 is 0 Å². The SMILES string of the molecule is Clc1cc(Nc2ncnc3sc4c(c23)CCNC4)ccc1OCc1ccccn1. The molecule has 0 bridgehead atoms. The number of hydrogen-bond donors (Lipinski definition) is 2. The van der Waals surface area contributed by atoms with Gasteiger partial charge in [-0.15, -0.1) is 11.3 Å². The van der Waals surface area contributed by atoms with Crippen molar-refractivity contribution in [1.29, 1.82) is 0 Å². The molecule has 2 N–H and O–H groups in total. The standard InChI is InChI=1S/C21H18ClN5OS/c22-16-9-13(4-5-17(16)28-11-14-3-1-2-7-24-14)27-20-19-15-6-8-23-10-18(15)29-21(19)26-12-25-20/h1-5,7,9,12,23H,6,8,10-11H2,(H,25,26,27). The fourth-order valence-corrected chi connectivity index (χ4v) is 4.81. The summed E-state index contributed by atoms with van der Waals surface area (Å²) in [7, 11) is 0. The molecule has 0 saturated carbocycles. The van der Waals surface area contributed by atoms with Crippen LogP contribution in [0.1, 0.15) is 16.1 Å². The molecular weight excluding hydrogens is 406 g/mol. The summed E-state index contributed by atoms with van der Waals surface area (Å²) in [6, 6.07) is 11.4. The Bertz CT molecular complexity index is 1160. The van der Waals surface area contributed by atoms with Gasteiger partial charge in [-0.1, -0.05) is 17.7 Å². The first-order chi connectivity index (χ1) is 14.3. The van der Waals surface area contributed by atoms with Gasteiger partial charge in [0.05, 0.1) is 16.1 Å². The number of thiophene rings is 1. The number of ether oxygens (including phenoxy) is 1. The second kappa shape index (κ2) is 7.94. The van der Waals surface area contributed by atoms with Gasteiger partial charge in [-0.05, 0) is 48.9 Å². The lowest BCUT2D eigenvalue weighted by Crippen LogP contribution is -2.22. The van der Waals surface area contributed by atoms with Crippen LogP contribution in [0.25, 0.3) is 10.2 Å². The zero-order valence-corrected chi connectivity index (χ0v) is 17.1. The lowest BCUT2D eigenvalue weighted by Gasteiger charge is -2.14. The number of aromatic nitrogens is 3. The van der Waals surface area contributed by atoms with E-state index in [9.17, 15) is 0 Å². The van der Waals surface area contributed by atoms with Crippen molar-refractivity contribution in [2.24, 2.45) is 0 Å². The quantitative estimate of drug-likeness (QED) is 0.484. The van der Waals surface area contributed by atoms with Gasteiger partial charge in [-0.25, -0.2) is 9.97 Å². The number of hydrogen-bond acceptors (Lipinski definition) is 7. The molecule has 1 aliphatic rings. The summed E-state index contributed by atoms with van der Waals surface area (Å²) < 4.78 is 5.81. The summed E-state index contributed by atoms with van der Waals surface area (Å²) >= 11 is 8.18. The van der Waals surface area contributed by atoms with Crippen molar-refractivity contribution in [2.45, 2.75) is 19.6 Å². The van der Waals surface area contributed by atoms with Crippen LogP contribution in [0.2, 0.25) is 5.02 Å². The third kappa shape index (κ3) is 3.76. The number of nitrogens with one attached hydrogen (secondary N) is 2. The minimum Gasteiger partial charge on any atom is -0.486 e. The molecule has 1 aliphatic heterocycles. The Morgan fingerprint density at radius 3 is 3.00 bits per heavy atom. The van der Waals surface area contributed by atoms with Gasteiger partial charge in [-0.3, -0.25) is 4.98 Å². The minimum atomic E-state index is 0.370.